The maximum atomic E-state index is 14.3. The Morgan fingerprint density at radius 2 is 1.16 bits per heavy atom. The van der Waals surface area contributed by atoms with E-state index in [1.807, 2.05) is 0 Å². The Kier molecular flexibility index (Phi) is 13.9. The summed E-state index contributed by atoms with van der Waals surface area (Å²) in [6, 6.07) is 18.3. The molecule has 5 aromatic carbocycles. The number of nitrogens with one attached hydrogen (secondary N) is 5. The van der Waals surface area contributed by atoms with Gasteiger partial charge in [0, 0.05) is 22.5 Å². The number of hydrogen-bond acceptors (Lipinski definition) is 11. The lowest BCUT2D eigenvalue weighted by Gasteiger charge is -2.18. The van der Waals surface area contributed by atoms with Gasteiger partial charge in [0.1, 0.15) is 11.3 Å². The molecule has 0 spiro atoms. The van der Waals surface area contributed by atoms with Gasteiger partial charge in [-0.15, -0.1) is 0 Å². The largest absolute Gasteiger partial charge is 0.508 e. The molecule has 5 amide bonds. The number of hydrogen-bond donors (Lipinski definition) is 9. The van der Waals surface area contributed by atoms with Crippen molar-refractivity contribution in [2.75, 3.05) is 42.0 Å². The van der Waals surface area contributed by atoms with Crippen LogP contribution in [0.5, 0.6) is 28.7 Å². The number of aromatic hydroxyl groups is 3. The third-order valence-electron chi connectivity index (χ3n) is 8.94. The van der Waals surface area contributed by atoms with Crippen LogP contribution in [0.25, 0.3) is 6.08 Å². The van der Waals surface area contributed by atoms with Crippen LogP contribution in [0.3, 0.4) is 0 Å². The summed E-state index contributed by atoms with van der Waals surface area (Å²) in [6.07, 6.45) is -3.51. The van der Waals surface area contributed by atoms with Crippen LogP contribution in [0.1, 0.15) is 59.5 Å². The summed E-state index contributed by atoms with van der Waals surface area (Å²) >= 11 is 0. The number of anilines is 4. The second-order valence-corrected chi connectivity index (χ2v) is 13.2. The second-order valence-electron chi connectivity index (χ2n) is 13.2. The number of carbonyl (C=O) groups is 6. The van der Waals surface area contributed by atoms with E-state index in [1.54, 1.807) is 25.1 Å². The zero-order valence-electron chi connectivity index (χ0n) is 33.1. The number of halogens is 3. The summed E-state index contributed by atoms with van der Waals surface area (Å²) in [5, 5.41) is 51.6. The molecular formula is C43H36F3N5O12. The molecule has 63 heavy (non-hydrogen) atoms. The van der Waals surface area contributed by atoms with Gasteiger partial charge in [0.25, 0.3) is 23.6 Å². The van der Waals surface area contributed by atoms with E-state index in [0.29, 0.717) is 22.9 Å². The molecule has 5 aromatic rings. The number of carboxylic acid groups (broad SMARTS) is 1. The molecule has 5 rings (SSSR count). The smallest absolute Gasteiger partial charge is 0.417 e. The summed E-state index contributed by atoms with van der Waals surface area (Å²) in [5.41, 5.74) is -2.78. The molecule has 9 N–H and O–H groups in total. The molecule has 0 aliphatic heterocycles. The number of carboxylic acids is 1. The molecule has 17 nitrogen and oxygen atoms in total. The number of ether oxygens (including phenoxy) is 2. The number of carbonyl (C=O) groups excluding carboxylic acids is 5. The van der Waals surface area contributed by atoms with Crippen molar-refractivity contribution in [1.29, 1.82) is 0 Å². The highest BCUT2D eigenvalue weighted by Crippen LogP contribution is 2.41. The molecule has 326 valence electrons. The highest BCUT2D eigenvalue weighted by atomic mass is 19.4. The maximum absolute atomic E-state index is 14.3. The van der Waals surface area contributed by atoms with Gasteiger partial charge in [0.05, 0.1) is 48.8 Å². The van der Waals surface area contributed by atoms with E-state index in [9.17, 15) is 62.4 Å². The number of phenols is 3. The van der Waals surface area contributed by atoms with Gasteiger partial charge < -0.3 is 56.5 Å². The Labute approximate surface area is 354 Å². The highest BCUT2D eigenvalue weighted by Gasteiger charge is 2.36. The Morgan fingerprint density at radius 1 is 0.635 bits per heavy atom. The van der Waals surface area contributed by atoms with Crippen LogP contribution in [0.2, 0.25) is 0 Å². The first-order valence-electron chi connectivity index (χ1n) is 18.1. The van der Waals surface area contributed by atoms with Gasteiger partial charge in [-0.1, -0.05) is 12.1 Å². The Morgan fingerprint density at radius 3 is 1.71 bits per heavy atom. The van der Waals surface area contributed by atoms with Crippen LogP contribution in [-0.2, 0) is 15.8 Å². The number of aromatic carboxylic acids is 1. The summed E-state index contributed by atoms with van der Waals surface area (Å²) in [7, 11) is 2.14. The molecule has 0 saturated carbocycles. The van der Waals surface area contributed by atoms with Crippen molar-refractivity contribution in [3.63, 3.8) is 0 Å². The van der Waals surface area contributed by atoms with E-state index in [0.717, 1.165) is 50.6 Å². The molecule has 0 heterocycles. The van der Waals surface area contributed by atoms with Gasteiger partial charge in [-0.3, -0.25) is 24.0 Å². The van der Waals surface area contributed by atoms with E-state index in [4.69, 9.17) is 9.47 Å². The van der Waals surface area contributed by atoms with E-state index >= 15 is 0 Å². The minimum absolute atomic E-state index is 0.0771. The maximum Gasteiger partial charge on any atom is 0.417 e. The summed E-state index contributed by atoms with van der Waals surface area (Å²) in [6.45, 7) is 0.930. The van der Waals surface area contributed by atoms with Gasteiger partial charge >= 0.3 is 12.1 Å². The predicted molar refractivity (Wildman–Crippen MR) is 221 cm³/mol. The van der Waals surface area contributed by atoms with E-state index in [2.05, 4.69) is 26.6 Å². The fourth-order valence-corrected chi connectivity index (χ4v) is 5.83. The van der Waals surface area contributed by atoms with Crippen LogP contribution in [-0.4, -0.2) is 76.7 Å². The summed E-state index contributed by atoms with van der Waals surface area (Å²) in [5.74, 6) is -8.39. The van der Waals surface area contributed by atoms with Crippen molar-refractivity contribution in [1.82, 2.24) is 5.32 Å². The number of rotatable bonds is 14. The predicted octanol–water partition coefficient (Wildman–Crippen LogP) is 6.45. The molecule has 0 saturated heterocycles. The van der Waals surface area contributed by atoms with Crippen LogP contribution < -0.4 is 36.1 Å². The number of methoxy groups -OCH3 is 2. The molecule has 0 aliphatic rings. The van der Waals surface area contributed by atoms with Crippen molar-refractivity contribution in [3.05, 3.63) is 130 Å². The highest BCUT2D eigenvalue weighted by molar-refractivity contribution is 6.11. The molecule has 0 atom stereocenters. The van der Waals surface area contributed by atoms with Crippen molar-refractivity contribution < 1.29 is 71.8 Å². The topological polar surface area (TPSA) is 262 Å². The van der Waals surface area contributed by atoms with Crippen molar-refractivity contribution in [3.8, 4) is 28.7 Å². The van der Waals surface area contributed by atoms with Gasteiger partial charge in [-0.25, -0.2) is 4.79 Å². The standard InChI is InChI=1S/C43H36F3N5O12/c1-21(18-22-4-11-26(52)12-5-22)38(56)49-24-8-6-23(7-9-24)39(57)47-20-33(53)48-25-10-13-27(30(19-25)43(44,45)46)40(58)50-31-16-14-28(34(54)36(31)62-2)41(59)51-32-17-15-29(42(60)61)35(55)37(32)63-3/h4-19,52,54-55H,20H2,1-3H3,(H,47,57)(H,48,53)(H,49,56)(H,50,58)(H,51,59)(H,60,61)/b21-18+. The van der Waals surface area contributed by atoms with Crippen LogP contribution in [0, 0.1) is 0 Å². The Hall–Kier alpha value is -8.55. The lowest BCUT2D eigenvalue weighted by atomic mass is 10.0. The SMILES string of the molecule is COc1c(NC(=O)c2ccc(NC(=O)c3ccc(NC(=O)CNC(=O)c4ccc(NC(=O)/C(C)=C/c5ccc(O)cc5)cc4)cc3C(F)(F)F)c(OC)c2O)ccc(C(=O)O)c1O. The fourth-order valence-electron chi connectivity index (χ4n) is 5.83. The number of benzene rings is 5. The van der Waals surface area contributed by atoms with E-state index in [1.165, 1.54) is 36.4 Å². The molecule has 0 radical (unpaired) electrons. The Bertz CT molecular complexity index is 2650. The van der Waals surface area contributed by atoms with Gasteiger partial charge in [-0.2, -0.15) is 13.2 Å². The van der Waals surface area contributed by atoms with Crippen LogP contribution in [0.15, 0.2) is 96.6 Å². The molecule has 0 aliphatic carbocycles. The molecular weight excluding hydrogens is 835 g/mol. The molecule has 0 unspecified atom stereocenters. The monoisotopic (exact) mass is 871 g/mol. The second kappa shape index (κ2) is 19.2. The minimum atomic E-state index is -5.12. The third-order valence-corrected chi connectivity index (χ3v) is 8.94. The number of phenolic OH excluding ortho intramolecular Hbond substituents is 2. The normalized spacial score (nSPS) is 11.2. The first kappa shape index (κ1) is 45.5. The molecule has 20 heteroatoms. The van der Waals surface area contributed by atoms with Crippen LogP contribution >= 0.6 is 0 Å². The summed E-state index contributed by atoms with van der Waals surface area (Å²) < 4.78 is 53.0. The van der Waals surface area contributed by atoms with E-state index in [-0.39, 0.29) is 28.4 Å². The molecule has 0 bridgehead atoms. The van der Waals surface area contributed by atoms with Gasteiger partial charge in [-0.05, 0) is 97.4 Å². The average Bonchev–Trinajstić information content (AvgIpc) is 3.23. The lowest BCUT2D eigenvalue weighted by molar-refractivity contribution is -0.138. The van der Waals surface area contributed by atoms with Crippen molar-refractivity contribution >= 4 is 64.3 Å². The fraction of sp³-hybridized carbons (Fsp3) is 0.116. The number of amides is 5. The van der Waals surface area contributed by atoms with Crippen molar-refractivity contribution in [2.24, 2.45) is 0 Å². The molecule has 0 fully saturated rings. The average molecular weight is 872 g/mol. The zero-order valence-corrected chi connectivity index (χ0v) is 33.1. The lowest BCUT2D eigenvalue weighted by Crippen LogP contribution is -2.33. The van der Waals surface area contributed by atoms with Gasteiger partial charge in [0.15, 0.2) is 23.0 Å². The Balaban J connectivity index is 1.21. The van der Waals surface area contributed by atoms with E-state index < -0.39 is 93.5 Å². The zero-order chi connectivity index (χ0) is 46.2. The summed E-state index contributed by atoms with van der Waals surface area (Å²) in [4.78, 5) is 75.7. The quantitative estimate of drug-likeness (QED) is 0.0545. The molecule has 0 aromatic heterocycles. The van der Waals surface area contributed by atoms with Crippen LogP contribution in [0.4, 0.5) is 35.9 Å². The van der Waals surface area contributed by atoms with Crippen molar-refractivity contribution in [2.45, 2.75) is 13.1 Å². The third kappa shape index (κ3) is 11.0. The first-order chi connectivity index (χ1) is 29.8. The van der Waals surface area contributed by atoms with Gasteiger partial charge in [0.2, 0.25) is 5.91 Å². The first-order valence-corrected chi connectivity index (χ1v) is 18.1. The number of alkyl halides is 3. The minimum Gasteiger partial charge on any atom is -0.508 e.